The van der Waals surface area contributed by atoms with Crippen LogP contribution in [0.2, 0.25) is 0 Å². The maximum Gasteiger partial charge on any atom is 0.237 e. The molecule has 1 aromatic rings. The van der Waals surface area contributed by atoms with Crippen LogP contribution in [-0.4, -0.2) is 26.1 Å². The Hall–Kier alpha value is -1.11. The number of hydrogen-bond donors (Lipinski definition) is 2. The van der Waals surface area contributed by atoms with Gasteiger partial charge in [-0.05, 0) is 17.5 Å². The topological polar surface area (TPSA) is 89.3 Å². The lowest BCUT2D eigenvalue weighted by atomic mass is 9.98. The summed E-state index contributed by atoms with van der Waals surface area (Å²) in [4.78, 5) is 12.4. The first-order chi connectivity index (χ1) is 9.36. The number of nitrogens with one attached hydrogen (secondary N) is 1. The van der Waals surface area contributed by atoms with Gasteiger partial charge in [0.15, 0.2) is 9.84 Å². The average Bonchev–Trinajstić information content (AvgIpc) is 2.69. The monoisotopic (exact) mass is 332 g/mol. The van der Waals surface area contributed by atoms with E-state index in [0.717, 1.165) is 6.42 Å². The number of fused-ring (bicyclic) bond motifs is 1. The smallest absolute Gasteiger partial charge is 0.237 e. The Bertz CT molecular complexity index is 618. The second kappa shape index (κ2) is 6.77. The van der Waals surface area contributed by atoms with E-state index in [0.29, 0.717) is 10.5 Å². The van der Waals surface area contributed by atoms with Gasteiger partial charge >= 0.3 is 0 Å². The minimum atomic E-state index is -3.31. The molecule has 3 atom stereocenters. The van der Waals surface area contributed by atoms with Gasteiger partial charge in [0.1, 0.15) is 0 Å². The Morgan fingerprint density at radius 3 is 2.67 bits per heavy atom. The van der Waals surface area contributed by atoms with Gasteiger partial charge in [-0.15, -0.1) is 12.4 Å². The van der Waals surface area contributed by atoms with Gasteiger partial charge < -0.3 is 11.1 Å². The number of halogens is 1. The van der Waals surface area contributed by atoms with Crippen LogP contribution in [-0.2, 0) is 14.6 Å². The zero-order valence-electron chi connectivity index (χ0n) is 12.1. The molecule has 3 N–H and O–H groups in total. The summed E-state index contributed by atoms with van der Waals surface area (Å²) in [6.45, 7) is 3.87. The van der Waals surface area contributed by atoms with Crippen molar-refractivity contribution in [3.63, 3.8) is 0 Å². The maximum atomic E-state index is 12.1. The van der Waals surface area contributed by atoms with E-state index in [1.54, 1.807) is 24.3 Å². The van der Waals surface area contributed by atoms with Crippen molar-refractivity contribution >= 4 is 28.2 Å². The molecule has 3 unspecified atom stereocenters. The first-order valence-corrected chi connectivity index (χ1v) is 8.39. The van der Waals surface area contributed by atoms with E-state index in [4.69, 9.17) is 5.73 Å². The quantitative estimate of drug-likeness (QED) is 0.872. The van der Waals surface area contributed by atoms with Crippen LogP contribution in [0.4, 0.5) is 0 Å². The number of nitrogens with two attached hydrogens (primary N) is 1. The Kier molecular flexibility index (Phi) is 5.78. The molecule has 1 amide bonds. The predicted molar refractivity (Wildman–Crippen MR) is 84.1 cm³/mol. The van der Waals surface area contributed by atoms with Crippen molar-refractivity contribution < 1.29 is 13.2 Å². The van der Waals surface area contributed by atoms with Gasteiger partial charge in [-0.3, -0.25) is 4.79 Å². The molecule has 118 valence electrons. The van der Waals surface area contributed by atoms with Crippen molar-refractivity contribution in [2.45, 2.75) is 37.2 Å². The highest BCUT2D eigenvalue weighted by Crippen LogP contribution is 2.33. The molecular formula is C14H21ClN2O3S. The molecule has 7 heteroatoms. The summed E-state index contributed by atoms with van der Waals surface area (Å²) in [5.41, 5.74) is 6.53. The average molecular weight is 333 g/mol. The molecule has 1 aliphatic heterocycles. The molecule has 0 fully saturated rings. The van der Waals surface area contributed by atoms with Crippen LogP contribution in [0.25, 0.3) is 0 Å². The molecule has 1 aromatic carbocycles. The number of hydrogen-bond acceptors (Lipinski definition) is 4. The Morgan fingerprint density at radius 1 is 1.43 bits per heavy atom. The highest BCUT2D eigenvalue weighted by Gasteiger charge is 2.36. The molecule has 2 rings (SSSR count). The lowest BCUT2D eigenvalue weighted by molar-refractivity contribution is -0.124. The molecule has 0 spiro atoms. The maximum absolute atomic E-state index is 12.1. The minimum absolute atomic E-state index is 0. The van der Waals surface area contributed by atoms with E-state index in [1.807, 2.05) is 13.8 Å². The van der Waals surface area contributed by atoms with Gasteiger partial charge in [0.25, 0.3) is 0 Å². The van der Waals surface area contributed by atoms with Crippen molar-refractivity contribution in [2.75, 3.05) is 5.75 Å². The summed E-state index contributed by atoms with van der Waals surface area (Å²) in [5, 5.41) is 2.76. The zero-order valence-corrected chi connectivity index (χ0v) is 13.7. The Labute approximate surface area is 131 Å². The van der Waals surface area contributed by atoms with Crippen molar-refractivity contribution in [3.8, 4) is 0 Å². The van der Waals surface area contributed by atoms with Crippen LogP contribution < -0.4 is 11.1 Å². The Balaban J connectivity index is 0.00000220. The highest BCUT2D eigenvalue weighted by molar-refractivity contribution is 7.91. The van der Waals surface area contributed by atoms with E-state index in [1.165, 1.54) is 0 Å². The van der Waals surface area contributed by atoms with E-state index in [2.05, 4.69) is 5.32 Å². The van der Waals surface area contributed by atoms with Gasteiger partial charge in [0.2, 0.25) is 5.91 Å². The predicted octanol–water partition coefficient (Wildman–Crippen LogP) is 1.43. The molecule has 0 saturated carbocycles. The van der Waals surface area contributed by atoms with E-state index < -0.39 is 21.9 Å². The Morgan fingerprint density at radius 2 is 2.05 bits per heavy atom. The number of amides is 1. The largest absolute Gasteiger partial charge is 0.347 e. The molecule has 0 aromatic heterocycles. The molecular weight excluding hydrogens is 312 g/mol. The van der Waals surface area contributed by atoms with Gasteiger partial charge in [-0.2, -0.15) is 0 Å². The van der Waals surface area contributed by atoms with Crippen LogP contribution in [0.3, 0.4) is 0 Å². The molecule has 0 aliphatic carbocycles. The number of rotatable bonds is 4. The third kappa shape index (κ3) is 3.56. The summed E-state index contributed by atoms with van der Waals surface area (Å²) in [5.74, 6) is -0.329. The lowest BCUT2D eigenvalue weighted by Gasteiger charge is -2.20. The first kappa shape index (κ1) is 17.9. The number of carbonyl (C=O) groups excluding carboxylic acids is 1. The standard InChI is InChI=1S/C14H20N2O3S.ClH/c1-3-9(2)13(15)14(17)16-11-8-20(18,19)12-7-5-4-6-10(11)12;/h4-7,9,11,13H,3,8,15H2,1-2H3,(H,16,17);1H. The van der Waals surface area contributed by atoms with E-state index >= 15 is 0 Å². The van der Waals surface area contributed by atoms with Crippen LogP contribution in [0.15, 0.2) is 29.2 Å². The van der Waals surface area contributed by atoms with Gasteiger partial charge in [-0.1, -0.05) is 38.5 Å². The van der Waals surface area contributed by atoms with Crippen molar-refractivity contribution in [1.82, 2.24) is 5.32 Å². The highest BCUT2D eigenvalue weighted by atomic mass is 35.5. The lowest BCUT2D eigenvalue weighted by Crippen LogP contribution is -2.46. The van der Waals surface area contributed by atoms with Gasteiger partial charge in [0.05, 0.1) is 22.7 Å². The second-order valence-electron chi connectivity index (χ2n) is 5.29. The summed E-state index contributed by atoms with van der Waals surface area (Å²) < 4.78 is 24.0. The minimum Gasteiger partial charge on any atom is -0.347 e. The molecule has 5 nitrogen and oxygen atoms in total. The fraction of sp³-hybridized carbons (Fsp3) is 0.500. The number of sulfone groups is 1. The van der Waals surface area contributed by atoms with Gasteiger partial charge in [-0.25, -0.2) is 8.42 Å². The molecule has 0 saturated heterocycles. The van der Waals surface area contributed by atoms with Crippen molar-refractivity contribution in [1.29, 1.82) is 0 Å². The zero-order chi connectivity index (χ0) is 14.9. The fourth-order valence-corrected chi connectivity index (χ4v) is 4.09. The van der Waals surface area contributed by atoms with E-state index in [-0.39, 0.29) is 30.0 Å². The normalized spacial score (nSPS) is 21.8. The molecule has 1 aliphatic rings. The van der Waals surface area contributed by atoms with Crippen molar-refractivity contribution in [2.24, 2.45) is 11.7 Å². The van der Waals surface area contributed by atoms with Crippen LogP contribution >= 0.6 is 12.4 Å². The van der Waals surface area contributed by atoms with Crippen LogP contribution in [0.1, 0.15) is 31.9 Å². The molecule has 21 heavy (non-hydrogen) atoms. The van der Waals surface area contributed by atoms with Crippen LogP contribution in [0.5, 0.6) is 0 Å². The number of benzene rings is 1. The molecule has 1 heterocycles. The summed E-state index contributed by atoms with van der Waals surface area (Å²) in [6, 6.07) is 5.65. The fourth-order valence-electron chi connectivity index (χ4n) is 2.35. The van der Waals surface area contributed by atoms with E-state index in [9.17, 15) is 13.2 Å². The first-order valence-electron chi connectivity index (χ1n) is 6.74. The van der Waals surface area contributed by atoms with Crippen molar-refractivity contribution in [3.05, 3.63) is 29.8 Å². The van der Waals surface area contributed by atoms with Crippen LogP contribution in [0, 0.1) is 5.92 Å². The molecule has 0 bridgehead atoms. The second-order valence-corrected chi connectivity index (χ2v) is 7.29. The summed E-state index contributed by atoms with van der Waals surface area (Å²) >= 11 is 0. The SMILES string of the molecule is CCC(C)C(N)C(=O)NC1CS(=O)(=O)c2ccccc21.Cl. The molecule has 0 radical (unpaired) electrons. The third-order valence-electron chi connectivity index (χ3n) is 3.89. The third-order valence-corrected chi connectivity index (χ3v) is 5.71. The summed E-state index contributed by atoms with van der Waals surface area (Å²) in [6.07, 6.45) is 0.800. The summed E-state index contributed by atoms with van der Waals surface area (Å²) in [7, 11) is -3.31. The van der Waals surface area contributed by atoms with Gasteiger partial charge in [0, 0.05) is 0 Å². The number of carbonyl (C=O) groups is 1.